The number of fused-ring (bicyclic) bond motifs is 1. The Kier molecular flexibility index (Phi) is 4.27. The van der Waals surface area contributed by atoms with E-state index in [2.05, 4.69) is 36.5 Å². The van der Waals surface area contributed by atoms with Gasteiger partial charge in [-0.2, -0.15) is 0 Å². The summed E-state index contributed by atoms with van der Waals surface area (Å²) < 4.78 is 13.6. The maximum atomic E-state index is 13.6. The first-order valence-corrected chi connectivity index (χ1v) is 7.82. The average Bonchev–Trinajstić information content (AvgIpc) is 2.81. The molecule has 2 atom stereocenters. The van der Waals surface area contributed by atoms with Gasteiger partial charge in [0.15, 0.2) is 0 Å². The molecule has 1 aliphatic rings. The van der Waals surface area contributed by atoms with Gasteiger partial charge in [0.1, 0.15) is 5.82 Å². The average molecular weight is 304 g/mol. The maximum Gasteiger partial charge on any atom is 0.142 e. The van der Waals surface area contributed by atoms with Crippen molar-refractivity contribution in [3.05, 3.63) is 70.0 Å². The van der Waals surface area contributed by atoms with Crippen LogP contribution < -0.4 is 5.32 Å². The monoisotopic (exact) mass is 303 g/mol. The minimum atomic E-state index is -0.329. The molecule has 2 aromatic carbocycles. The lowest BCUT2D eigenvalue weighted by Crippen LogP contribution is -2.26. The van der Waals surface area contributed by atoms with Gasteiger partial charge in [0.25, 0.3) is 0 Å². The summed E-state index contributed by atoms with van der Waals surface area (Å²) in [5.41, 5.74) is 3.80. The molecule has 0 aliphatic heterocycles. The van der Waals surface area contributed by atoms with E-state index in [-0.39, 0.29) is 10.8 Å². The number of nitrogens with one attached hydrogen (secondary N) is 1. The van der Waals surface area contributed by atoms with Crippen LogP contribution in [0.3, 0.4) is 0 Å². The summed E-state index contributed by atoms with van der Waals surface area (Å²) >= 11 is 5.76. The van der Waals surface area contributed by atoms with Gasteiger partial charge < -0.3 is 5.32 Å². The Morgan fingerprint density at radius 3 is 2.81 bits per heavy atom. The fourth-order valence-electron chi connectivity index (χ4n) is 3.33. The van der Waals surface area contributed by atoms with Crippen molar-refractivity contribution in [1.82, 2.24) is 5.32 Å². The second-order valence-electron chi connectivity index (χ2n) is 5.65. The van der Waals surface area contributed by atoms with E-state index in [1.165, 1.54) is 11.1 Å². The van der Waals surface area contributed by atoms with E-state index in [4.69, 9.17) is 11.6 Å². The van der Waals surface area contributed by atoms with Crippen LogP contribution in [-0.2, 0) is 12.8 Å². The van der Waals surface area contributed by atoms with Gasteiger partial charge in [-0.1, -0.05) is 48.9 Å². The van der Waals surface area contributed by atoms with Crippen LogP contribution in [0.25, 0.3) is 0 Å². The third-order valence-electron chi connectivity index (χ3n) is 4.25. The molecular formula is C18H19ClFN. The zero-order valence-electron chi connectivity index (χ0n) is 12.1. The Hall–Kier alpha value is -1.38. The molecular weight excluding hydrogens is 285 g/mol. The van der Waals surface area contributed by atoms with Crippen molar-refractivity contribution in [2.45, 2.75) is 25.8 Å². The second-order valence-corrected chi connectivity index (χ2v) is 6.06. The van der Waals surface area contributed by atoms with Gasteiger partial charge in [-0.15, -0.1) is 0 Å². The third kappa shape index (κ3) is 2.97. The summed E-state index contributed by atoms with van der Waals surface area (Å²) in [5, 5.41) is 3.77. The van der Waals surface area contributed by atoms with Gasteiger partial charge in [0.2, 0.25) is 0 Å². The molecule has 0 bridgehead atoms. The Morgan fingerprint density at radius 1 is 1.24 bits per heavy atom. The molecule has 0 saturated carbocycles. The third-order valence-corrected chi connectivity index (χ3v) is 4.56. The molecule has 3 rings (SSSR count). The lowest BCUT2D eigenvalue weighted by atomic mass is 9.92. The standard InChI is InChI=1S/C18H19ClFN/c1-2-21-18-14(11-13-5-3-4-6-15(13)18)9-12-7-8-16(19)17(20)10-12/h3-8,10,14,18,21H,2,9,11H2,1H3. The van der Waals surface area contributed by atoms with Crippen LogP contribution in [-0.4, -0.2) is 6.54 Å². The quantitative estimate of drug-likeness (QED) is 0.874. The lowest BCUT2D eigenvalue weighted by molar-refractivity contribution is 0.393. The predicted octanol–water partition coefficient (Wildman–Crippen LogP) is 4.54. The first-order chi connectivity index (χ1) is 10.2. The van der Waals surface area contributed by atoms with E-state index in [1.54, 1.807) is 12.1 Å². The van der Waals surface area contributed by atoms with Gasteiger partial charge in [0, 0.05) is 6.04 Å². The molecule has 110 valence electrons. The highest BCUT2D eigenvalue weighted by Gasteiger charge is 2.31. The van der Waals surface area contributed by atoms with E-state index in [0.29, 0.717) is 12.0 Å². The van der Waals surface area contributed by atoms with E-state index in [0.717, 1.165) is 24.9 Å². The van der Waals surface area contributed by atoms with E-state index < -0.39 is 0 Å². The van der Waals surface area contributed by atoms with Gasteiger partial charge in [-0.3, -0.25) is 0 Å². The van der Waals surface area contributed by atoms with E-state index in [9.17, 15) is 4.39 Å². The summed E-state index contributed by atoms with van der Waals surface area (Å²) in [5.74, 6) is 0.132. The Balaban J connectivity index is 1.83. The second kappa shape index (κ2) is 6.17. The fraction of sp³-hybridized carbons (Fsp3) is 0.333. The van der Waals surface area contributed by atoms with Gasteiger partial charge in [-0.25, -0.2) is 4.39 Å². The van der Waals surface area contributed by atoms with Crippen LogP contribution in [0.2, 0.25) is 5.02 Å². The summed E-state index contributed by atoms with van der Waals surface area (Å²) in [6, 6.07) is 14.1. The van der Waals surface area contributed by atoms with E-state index in [1.807, 2.05) is 6.07 Å². The minimum absolute atomic E-state index is 0.191. The number of benzene rings is 2. The van der Waals surface area contributed by atoms with Gasteiger partial charge in [0.05, 0.1) is 5.02 Å². The van der Waals surface area contributed by atoms with Crippen molar-refractivity contribution in [2.24, 2.45) is 5.92 Å². The largest absolute Gasteiger partial charge is 0.310 e. The van der Waals surface area contributed by atoms with Crippen molar-refractivity contribution >= 4 is 11.6 Å². The molecule has 1 nitrogen and oxygen atoms in total. The highest BCUT2D eigenvalue weighted by atomic mass is 35.5. The van der Waals surface area contributed by atoms with Crippen molar-refractivity contribution in [3.8, 4) is 0 Å². The van der Waals surface area contributed by atoms with Crippen molar-refractivity contribution in [3.63, 3.8) is 0 Å². The summed E-state index contributed by atoms with van der Waals surface area (Å²) in [6.45, 7) is 3.06. The topological polar surface area (TPSA) is 12.0 Å². The van der Waals surface area contributed by atoms with Crippen LogP contribution in [0.15, 0.2) is 42.5 Å². The maximum absolute atomic E-state index is 13.6. The Labute approximate surface area is 130 Å². The molecule has 0 amide bonds. The SMILES string of the molecule is CCNC1c2ccccc2CC1Cc1ccc(Cl)c(F)c1. The molecule has 1 N–H and O–H groups in total. The van der Waals surface area contributed by atoms with Crippen molar-refractivity contribution in [1.29, 1.82) is 0 Å². The van der Waals surface area contributed by atoms with Crippen LogP contribution in [0.5, 0.6) is 0 Å². The Bertz CT molecular complexity index is 641. The minimum Gasteiger partial charge on any atom is -0.310 e. The van der Waals surface area contributed by atoms with Crippen LogP contribution in [0.1, 0.15) is 29.7 Å². The van der Waals surface area contributed by atoms with Crippen LogP contribution in [0, 0.1) is 11.7 Å². The molecule has 0 heterocycles. The molecule has 21 heavy (non-hydrogen) atoms. The predicted molar refractivity (Wildman–Crippen MR) is 85.2 cm³/mol. The molecule has 0 radical (unpaired) electrons. The molecule has 2 unspecified atom stereocenters. The zero-order valence-corrected chi connectivity index (χ0v) is 12.8. The van der Waals surface area contributed by atoms with Gasteiger partial charge >= 0.3 is 0 Å². The molecule has 0 saturated heterocycles. The van der Waals surface area contributed by atoms with Crippen molar-refractivity contribution in [2.75, 3.05) is 6.54 Å². The molecule has 0 spiro atoms. The molecule has 0 aromatic heterocycles. The zero-order chi connectivity index (χ0) is 14.8. The lowest BCUT2D eigenvalue weighted by Gasteiger charge is -2.21. The number of halogens is 2. The highest BCUT2D eigenvalue weighted by molar-refractivity contribution is 6.30. The fourth-order valence-corrected chi connectivity index (χ4v) is 3.45. The number of hydrogen-bond donors (Lipinski definition) is 1. The summed E-state index contributed by atoms with van der Waals surface area (Å²) in [7, 11) is 0. The van der Waals surface area contributed by atoms with Crippen molar-refractivity contribution < 1.29 is 4.39 Å². The molecule has 1 aliphatic carbocycles. The van der Waals surface area contributed by atoms with Crippen LogP contribution >= 0.6 is 11.6 Å². The molecule has 0 fully saturated rings. The molecule has 3 heteroatoms. The highest BCUT2D eigenvalue weighted by Crippen LogP contribution is 2.38. The first kappa shape index (κ1) is 14.6. The number of hydrogen-bond acceptors (Lipinski definition) is 1. The summed E-state index contributed by atoms with van der Waals surface area (Å²) in [4.78, 5) is 0. The van der Waals surface area contributed by atoms with Crippen LogP contribution in [0.4, 0.5) is 4.39 Å². The molecule has 2 aromatic rings. The number of rotatable bonds is 4. The van der Waals surface area contributed by atoms with Gasteiger partial charge in [-0.05, 0) is 54.1 Å². The smallest absolute Gasteiger partial charge is 0.142 e. The first-order valence-electron chi connectivity index (χ1n) is 7.44. The van der Waals surface area contributed by atoms with E-state index >= 15 is 0 Å². The summed E-state index contributed by atoms with van der Waals surface area (Å²) in [6.07, 6.45) is 1.90. The Morgan fingerprint density at radius 2 is 2.05 bits per heavy atom. The normalized spacial score (nSPS) is 20.5.